The molecule has 5 nitrogen and oxygen atoms in total. The van der Waals surface area contributed by atoms with Gasteiger partial charge in [-0.1, -0.05) is 42.8 Å². The van der Waals surface area contributed by atoms with Crippen molar-refractivity contribution in [2.45, 2.75) is 32.1 Å². The number of nitrogens with one attached hydrogen (secondary N) is 2. The molecule has 2 aromatic carbocycles. The van der Waals surface area contributed by atoms with Gasteiger partial charge in [0.1, 0.15) is 0 Å². The number of para-hydroxylation sites is 1. The third-order valence-corrected chi connectivity index (χ3v) is 5.80. The maximum absolute atomic E-state index is 13.1. The monoisotopic (exact) mass is 444 g/mol. The fraction of sp³-hybridized carbons (Fsp3) is 0.304. The first-order chi connectivity index (χ1) is 14.2. The molecule has 0 unspecified atom stereocenters. The van der Waals surface area contributed by atoms with Crippen molar-refractivity contribution >= 4 is 35.6 Å². The molecule has 0 atom stereocenters. The molecule has 1 saturated heterocycles. The lowest BCUT2D eigenvalue weighted by Gasteiger charge is -2.25. The third kappa shape index (κ3) is 4.69. The van der Waals surface area contributed by atoms with Crippen molar-refractivity contribution in [3.63, 3.8) is 0 Å². The molecule has 7 heteroatoms. The highest BCUT2D eigenvalue weighted by molar-refractivity contribution is 6.32. The van der Waals surface area contributed by atoms with Gasteiger partial charge in [-0.3, -0.25) is 4.79 Å². The number of benzene rings is 2. The SMILES string of the molecule is CCc1ccc(NC(=O)c2cnn(-c3ccccc3Cl)c2C2CCNCC2)cc1.Cl. The van der Waals surface area contributed by atoms with E-state index in [1.807, 2.05) is 53.2 Å². The molecule has 0 radical (unpaired) electrons. The van der Waals surface area contributed by atoms with E-state index in [0.717, 1.165) is 49.4 Å². The van der Waals surface area contributed by atoms with Crippen LogP contribution in [0, 0.1) is 0 Å². The first-order valence-corrected chi connectivity index (χ1v) is 10.5. The summed E-state index contributed by atoms with van der Waals surface area (Å²) in [6.07, 6.45) is 4.55. The molecule has 158 valence electrons. The van der Waals surface area contributed by atoms with Crippen LogP contribution >= 0.6 is 24.0 Å². The Hall–Kier alpha value is -2.34. The van der Waals surface area contributed by atoms with E-state index in [1.54, 1.807) is 6.20 Å². The fourth-order valence-electron chi connectivity index (χ4n) is 3.86. The normalized spacial score (nSPS) is 14.2. The Bertz CT molecular complexity index is 995. The zero-order valence-corrected chi connectivity index (χ0v) is 18.5. The first kappa shape index (κ1) is 22.3. The maximum Gasteiger partial charge on any atom is 0.259 e. The molecule has 4 rings (SSSR count). The Labute approximate surface area is 188 Å². The Balaban J connectivity index is 0.00000256. The number of hydrogen-bond donors (Lipinski definition) is 2. The standard InChI is InChI=1S/C23H25ClN4O.ClH/c1-2-16-7-9-18(10-8-16)27-23(29)19-15-26-28(21-6-4-3-5-20(21)24)22(19)17-11-13-25-14-12-17;/h3-10,15,17,25H,2,11-14H2,1H3,(H,27,29);1H. The molecule has 1 aliphatic rings. The first-order valence-electron chi connectivity index (χ1n) is 10.1. The Morgan fingerprint density at radius 1 is 1.17 bits per heavy atom. The van der Waals surface area contributed by atoms with E-state index in [-0.39, 0.29) is 24.2 Å². The average molecular weight is 445 g/mol. The van der Waals surface area contributed by atoms with E-state index in [0.29, 0.717) is 10.6 Å². The number of aromatic nitrogens is 2. The van der Waals surface area contributed by atoms with Crippen LogP contribution in [0.1, 0.15) is 47.3 Å². The number of carbonyl (C=O) groups is 1. The van der Waals surface area contributed by atoms with Crippen LogP contribution in [-0.4, -0.2) is 28.8 Å². The Morgan fingerprint density at radius 3 is 2.53 bits per heavy atom. The minimum absolute atomic E-state index is 0. The molecule has 2 N–H and O–H groups in total. The smallest absolute Gasteiger partial charge is 0.259 e. The zero-order valence-electron chi connectivity index (χ0n) is 16.9. The molecule has 3 aromatic rings. The van der Waals surface area contributed by atoms with Gasteiger partial charge in [-0.2, -0.15) is 5.10 Å². The van der Waals surface area contributed by atoms with Gasteiger partial charge in [0.25, 0.3) is 5.91 Å². The lowest BCUT2D eigenvalue weighted by molar-refractivity contribution is 0.102. The van der Waals surface area contributed by atoms with Gasteiger partial charge >= 0.3 is 0 Å². The maximum atomic E-state index is 13.1. The summed E-state index contributed by atoms with van der Waals surface area (Å²) < 4.78 is 1.84. The fourth-order valence-corrected chi connectivity index (χ4v) is 4.07. The third-order valence-electron chi connectivity index (χ3n) is 5.48. The van der Waals surface area contributed by atoms with Gasteiger partial charge in [-0.05, 0) is 62.2 Å². The lowest BCUT2D eigenvalue weighted by atomic mass is 9.91. The topological polar surface area (TPSA) is 59.0 Å². The summed E-state index contributed by atoms with van der Waals surface area (Å²) in [6, 6.07) is 15.6. The molecule has 1 aromatic heterocycles. The van der Waals surface area contributed by atoms with E-state index in [1.165, 1.54) is 5.56 Å². The van der Waals surface area contributed by atoms with Crippen LogP contribution in [0.15, 0.2) is 54.7 Å². The summed E-state index contributed by atoms with van der Waals surface area (Å²) in [5.74, 6) is 0.110. The molecular formula is C23H26Cl2N4O. The van der Waals surface area contributed by atoms with Crippen LogP contribution in [0.3, 0.4) is 0 Å². The predicted molar refractivity (Wildman–Crippen MR) is 124 cm³/mol. The summed E-state index contributed by atoms with van der Waals surface area (Å²) in [4.78, 5) is 13.1. The quantitative estimate of drug-likeness (QED) is 0.566. The minimum Gasteiger partial charge on any atom is -0.322 e. The van der Waals surface area contributed by atoms with Gasteiger partial charge in [-0.25, -0.2) is 4.68 Å². The summed E-state index contributed by atoms with van der Waals surface area (Å²) in [5, 5.41) is 11.6. The molecule has 0 spiro atoms. The van der Waals surface area contributed by atoms with Gasteiger partial charge in [-0.15, -0.1) is 12.4 Å². The highest BCUT2D eigenvalue weighted by Gasteiger charge is 2.27. The number of aryl methyl sites for hydroxylation is 1. The molecule has 1 aliphatic heterocycles. The minimum atomic E-state index is -0.138. The summed E-state index contributed by atoms with van der Waals surface area (Å²) in [5.41, 5.74) is 4.37. The molecular weight excluding hydrogens is 419 g/mol. The van der Waals surface area contributed by atoms with Crippen LogP contribution in [0.4, 0.5) is 5.69 Å². The molecule has 2 heterocycles. The molecule has 30 heavy (non-hydrogen) atoms. The van der Waals surface area contributed by atoms with Crippen molar-refractivity contribution in [1.82, 2.24) is 15.1 Å². The van der Waals surface area contributed by atoms with Crippen molar-refractivity contribution in [3.05, 3.63) is 76.6 Å². The lowest BCUT2D eigenvalue weighted by Crippen LogP contribution is -2.29. The molecule has 0 saturated carbocycles. The molecule has 1 amide bonds. The van der Waals surface area contributed by atoms with Crippen molar-refractivity contribution in [3.8, 4) is 5.69 Å². The highest BCUT2D eigenvalue weighted by atomic mass is 35.5. The van der Waals surface area contributed by atoms with E-state index in [4.69, 9.17) is 11.6 Å². The summed E-state index contributed by atoms with van der Waals surface area (Å²) in [6.45, 7) is 3.97. The Kier molecular flexibility index (Phi) is 7.53. The average Bonchev–Trinajstić information content (AvgIpc) is 3.20. The number of piperidine rings is 1. The van der Waals surface area contributed by atoms with Gasteiger partial charge < -0.3 is 10.6 Å². The number of rotatable bonds is 5. The number of carbonyl (C=O) groups excluding carboxylic acids is 1. The van der Waals surface area contributed by atoms with E-state index in [9.17, 15) is 4.79 Å². The van der Waals surface area contributed by atoms with Crippen molar-refractivity contribution in [2.24, 2.45) is 0 Å². The van der Waals surface area contributed by atoms with Gasteiger partial charge in [0.05, 0.1) is 28.2 Å². The number of amides is 1. The van der Waals surface area contributed by atoms with E-state index >= 15 is 0 Å². The van der Waals surface area contributed by atoms with Crippen LogP contribution in [0.5, 0.6) is 0 Å². The second-order valence-electron chi connectivity index (χ2n) is 7.34. The summed E-state index contributed by atoms with van der Waals surface area (Å²) in [7, 11) is 0. The van der Waals surface area contributed by atoms with Crippen LogP contribution in [-0.2, 0) is 6.42 Å². The predicted octanol–water partition coefficient (Wildman–Crippen LogP) is 5.23. The molecule has 1 fully saturated rings. The molecule has 0 bridgehead atoms. The van der Waals surface area contributed by atoms with Crippen LogP contribution < -0.4 is 10.6 Å². The van der Waals surface area contributed by atoms with Gasteiger partial charge in [0, 0.05) is 11.6 Å². The molecule has 0 aliphatic carbocycles. The van der Waals surface area contributed by atoms with Crippen molar-refractivity contribution in [1.29, 1.82) is 0 Å². The second-order valence-corrected chi connectivity index (χ2v) is 7.74. The number of nitrogens with zero attached hydrogens (tertiary/aromatic N) is 2. The number of hydrogen-bond acceptors (Lipinski definition) is 3. The highest BCUT2D eigenvalue weighted by Crippen LogP contribution is 2.32. The van der Waals surface area contributed by atoms with Gasteiger partial charge in [0.2, 0.25) is 0 Å². The van der Waals surface area contributed by atoms with Crippen LogP contribution in [0.25, 0.3) is 5.69 Å². The van der Waals surface area contributed by atoms with E-state index < -0.39 is 0 Å². The van der Waals surface area contributed by atoms with Crippen LogP contribution in [0.2, 0.25) is 5.02 Å². The number of anilines is 1. The van der Waals surface area contributed by atoms with Crippen molar-refractivity contribution < 1.29 is 4.79 Å². The second kappa shape index (κ2) is 10.1. The largest absolute Gasteiger partial charge is 0.322 e. The zero-order chi connectivity index (χ0) is 20.2. The summed E-state index contributed by atoms with van der Waals surface area (Å²) >= 11 is 6.44. The van der Waals surface area contributed by atoms with Crippen molar-refractivity contribution in [2.75, 3.05) is 18.4 Å². The number of halogens is 2. The van der Waals surface area contributed by atoms with E-state index in [2.05, 4.69) is 22.7 Å². The van der Waals surface area contributed by atoms with Gasteiger partial charge in [0.15, 0.2) is 0 Å². The Morgan fingerprint density at radius 2 is 1.87 bits per heavy atom.